The van der Waals surface area contributed by atoms with Gasteiger partial charge in [-0.05, 0) is 12.1 Å². The van der Waals surface area contributed by atoms with Crippen LogP contribution in [0.2, 0.25) is 15.1 Å². The van der Waals surface area contributed by atoms with Crippen LogP contribution in [0.15, 0.2) is 12.1 Å². The molecule has 1 aromatic rings. The van der Waals surface area contributed by atoms with Gasteiger partial charge in [0.2, 0.25) is 5.91 Å². The number of benzene rings is 1. The van der Waals surface area contributed by atoms with E-state index in [1.54, 1.807) is 17.0 Å². The van der Waals surface area contributed by atoms with Crippen LogP contribution in [0, 0.1) is 0 Å². The summed E-state index contributed by atoms with van der Waals surface area (Å²) in [5, 5.41) is 0.956. The Hall–Kier alpha value is -0.480. The summed E-state index contributed by atoms with van der Waals surface area (Å²) in [5.41, 5.74) is 6.34. The van der Waals surface area contributed by atoms with Gasteiger partial charge in [-0.2, -0.15) is 0 Å². The number of nitrogens with zero attached hydrogens (tertiary/aromatic N) is 1. The van der Waals surface area contributed by atoms with E-state index in [2.05, 4.69) is 0 Å². The Balaban J connectivity index is 2.38. The van der Waals surface area contributed by atoms with Gasteiger partial charge in [-0.15, -0.1) is 0 Å². The lowest BCUT2D eigenvalue weighted by molar-refractivity contribution is -0.117. The second-order valence-corrected chi connectivity index (χ2v) is 4.88. The largest absolute Gasteiger partial charge is 0.326 e. The zero-order chi connectivity index (χ0) is 11.9. The van der Waals surface area contributed by atoms with Gasteiger partial charge in [-0.3, -0.25) is 4.79 Å². The highest BCUT2D eigenvalue weighted by atomic mass is 35.5. The van der Waals surface area contributed by atoms with E-state index in [0.29, 0.717) is 33.7 Å². The molecule has 1 aromatic carbocycles. The van der Waals surface area contributed by atoms with Gasteiger partial charge in [0, 0.05) is 24.7 Å². The maximum absolute atomic E-state index is 11.6. The molecule has 2 rings (SSSR count). The minimum absolute atomic E-state index is 0.0260. The van der Waals surface area contributed by atoms with Crippen LogP contribution in [-0.4, -0.2) is 18.5 Å². The van der Waals surface area contributed by atoms with Gasteiger partial charge in [0.05, 0.1) is 15.1 Å². The van der Waals surface area contributed by atoms with Crippen LogP contribution in [0.25, 0.3) is 0 Å². The van der Waals surface area contributed by atoms with Crippen molar-refractivity contribution in [1.29, 1.82) is 0 Å². The van der Waals surface area contributed by atoms with E-state index >= 15 is 0 Å². The number of carbonyl (C=O) groups is 1. The van der Waals surface area contributed by atoms with E-state index in [1.807, 2.05) is 0 Å². The molecule has 1 heterocycles. The molecule has 0 bridgehead atoms. The Morgan fingerprint density at radius 2 is 1.81 bits per heavy atom. The van der Waals surface area contributed by atoms with Crippen LogP contribution < -0.4 is 10.6 Å². The molecule has 1 aliphatic heterocycles. The summed E-state index contributed by atoms with van der Waals surface area (Å²) in [5.74, 6) is -0.0260. The average molecular weight is 280 g/mol. The van der Waals surface area contributed by atoms with Gasteiger partial charge in [0.25, 0.3) is 0 Å². The Kier molecular flexibility index (Phi) is 3.31. The lowest BCUT2D eigenvalue weighted by Gasteiger charge is -2.17. The van der Waals surface area contributed by atoms with Crippen LogP contribution >= 0.6 is 34.8 Å². The van der Waals surface area contributed by atoms with E-state index in [0.717, 1.165) is 0 Å². The summed E-state index contributed by atoms with van der Waals surface area (Å²) in [6.45, 7) is 0.479. The molecule has 1 atom stereocenters. The van der Waals surface area contributed by atoms with Gasteiger partial charge in [-0.25, -0.2) is 0 Å². The third kappa shape index (κ3) is 2.13. The highest BCUT2D eigenvalue weighted by Crippen LogP contribution is 2.35. The smallest absolute Gasteiger partial charge is 0.228 e. The molecule has 1 aliphatic rings. The number of rotatable bonds is 1. The Morgan fingerprint density at radius 3 is 2.25 bits per heavy atom. The summed E-state index contributed by atoms with van der Waals surface area (Å²) < 4.78 is 0. The average Bonchev–Trinajstić information content (AvgIpc) is 2.53. The molecule has 0 spiro atoms. The zero-order valence-corrected chi connectivity index (χ0v) is 10.5. The molecule has 0 aliphatic carbocycles. The first kappa shape index (κ1) is 12.0. The minimum Gasteiger partial charge on any atom is -0.326 e. The molecule has 86 valence electrons. The van der Waals surface area contributed by atoms with Crippen molar-refractivity contribution in [2.75, 3.05) is 11.4 Å². The zero-order valence-electron chi connectivity index (χ0n) is 8.21. The molecule has 2 N–H and O–H groups in total. The number of carbonyl (C=O) groups excluding carboxylic acids is 1. The van der Waals surface area contributed by atoms with Crippen molar-refractivity contribution in [3.63, 3.8) is 0 Å². The molecular formula is C10H9Cl3N2O. The molecule has 0 saturated carbocycles. The maximum atomic E-state index is 11.6. The summed E-state index contributed by atoms with van der Waals surface area (Å²) in [7, 11) is 0. The molecule has 3 nitrogen and oxygen atoms in total. The van der Waals surface area contributed by atoms with E-state index in [-0.39, 0.29) is 11.9 Å². The van der Waals surface area contributed by atoms with Crippen molar-refractivity contribution in [2.24, 2.45) is 5.73 Å². The fourth-order valence-corrected chi connectivity index (χ4v) is 2.27. The van der Waals surface area contributed by atoms with Gasteiger partial charge < -0.3 is 10.6 Å². The third-order valence-corrected chi connectivity index (χ3v) is 3.63. The Morgan fingerprint density at radius 1 is 1.25 bits per heavy atom. The van der Waals surface area contributed by atoms with Crippen LogP contribution in [0.1, 0.15) is 6.42 Å². The summed E-state index contributed by atoms with van der Waals surface area (Å²) in [6.07, 6.45) is 0.345. The summed E-state index contributed by atoms with van der Waals surface area (Å²) in [6, 6.07) is 3.10. The number of nitrogens with two attached hydrogens (primary N) is 1. The van der Waals surface area contributed by atoms with Crippen LogP contribution in [0.5, 0.6) is 0 Å². The molecule has 1 fully saturated rings. The van der Waals surface area contributed by atoms with Gasteiger partial charge in [0.15, 0.2) is 0 Å². The minimum atomic E-state index is -0.138. The Bertz CT molecular complexity index is 427. The van der Waals surface area contributed by atoms with Crippen molar-refractivity contribution in [3.8, 4) is 0 Å². The number of hydrogen-bond acceptors (Lipinski definition) is 2. The van der Waals surface area contributed by atoms with E-state index in [4.69, 9.17) is 40.5 Å². The predicted molar refractivity (Wildman–Crippen MR) is 66.4 cm³/mol. The van der Waals surface area contributed by atoms with Crippen molar-refractivity contribution < 1.29 is 4.79 Å². The SMILES string of the molecule is NC1CC(=O)N(c2cc(Cl)c(Cl)c(Cl)c2)C1. The van der Waals surface area contributed by atoms with Crippen LogP contribution in [0.4, 0.5) is 5.69 Å². The van der Waals surface area contributed by atoms with Crippen molar-refractivity contribution in [1.82, 2.24) is 0 Å². The topological polar surface area (TPSA) is 46.3 Å². The second kappa shape index (κ2) is 4.41. The highest BCUT2D eigenvalue weighted by molar-refractivity contribution is 6.48. The van der Waals surface area contributed by atoms with Gasteiger partial charge in [-0.1, -0.05) is 34.8 Å². The van der Waals surface area contributed by atoms with Crippen LogP contribution in [0.3, 0.4) is 0 Å². The molecule has 0 aromatic heterocycles. The number of amides is 1. The van der Waals surface area contributed by atoms with Crippen molar-refractivity contribution >= 4 is 46.4 Å². The number of halogens is 3. The quantitative estimate of drug-likeness (QED) is 0.804. The first-order valence-corrected chi connectivity index (χ1v) is 5.83. The van der Waals surface area contributed by atoms with Gasteiger partial charge in [0.1, 0.15) is 0 Å². The maximum Gasteiger partial charge on any atom is 0.228 e. The highest BCUT2D eigenvalue weighted by Gasteiger charge is 2.28. The number of hydrogen-bond donors (Lipinski definition) is 1. The Labute approximate surface area is 108 Å². The molecule has 1 amide bonds. The first-order chi connectivity index (χ1) is 7.49. The number of anilines is 1. The lowest BCUT2D eigenvalue weighted by atomic mass is 10.3. The van der Waals surface area contributed by atoms with Crippen molar-refractivity contribution in [3.05, 3.63) is 27.2 Å². The predicted octanol–water partition coefficient (Wildman–Crippen LogP) is 2.71. The molecule has 16 heavy (non-hydrogen) atoms. The van der Waals surface area contributed by atoms with E-state index < -0.39 is 0 Å². The standard InChI is InChI=1S/C10H9Cl3N2O/c11-7-2-6(3-8(12)10(7)13)15-4-5(14)1-9(15)16/h2-3,5H,1,4,14H2. The fourth-order valence-electron chi connectivity index (χ4n) is 1.68. The molecule has 0 radical (unpaired) electrons. The summed E-state index contributed by atoms with van der Waals surface area (Å²) in [4.78, 5) is 13.2. The molecular weight excluding hydrogens is 270 g/mol. The second-order valence-electron chi connectivity index (χ2n) is 3.69. The summed E-state index contributed by atoms with van der Waals surface area (Å²) >= 11 is 17.6. The van der Waals surface area contributed by atoms with E-state index in [1.165, 1.54) is 0 Å². The lowest BCUT2D eigenvalue weighted by Crippen LogP contribution is -2.27. The molecule has 6 heteroatoms. The third-order valence-electron chi connectivity index (χ3n) is 2.44. The van der Waals surface area contributed by atoms with E-state index in [9.17, 15) is 4.79 Å². The first-order valence-electron chi connectivity index (χ1n) is 4.69. The van der Waals surface area contributed by atoms with Gasteiger partial charge >= 0.3 is 0 Å². The fraction of sp³-hybridized carbons (Fsp3) is 0.300. The monoisotopic (exact) mass is 278 g/mol. The normalized spacial score (nSPS) is 20.6. The van der Waals surface area contributed by atoms with Crippen LogP contribution in [-0.2, 0) is 4.79 Å². The molecule has 1 unspecified atom stereocenters. The molecule has 1 saturated heterocycles. The van der Waals surface area contributed by atoms with Crippen molar-refractivity contribution in [2.45, 2.75) is 12.5 Å².